The van der Waals surface area contributed by atoms with Gasteiger partial charge in [0, 0.05) is 18.1 Å². The molecule has 24 heavy (non-hydrogen) atoms. The van der Waals surface area contributed by atoms with Crippen LogP contribution < -0.4 is 0 Å². The Balaban J connectivity index is 1.77. The van der Waals surface area contributed by atoms with Crippen molar-refractivity contribution in [1.29, 1.82) is 0 Å². The van der Waals surface area contributed by atoms with Gasteiger partial charge in [-0.05, 0) is 35.3 Å². The predicted octanol–water partition coefficient (Wildman–Crippen LogP) is 4.09. The number of nitrogens with one attached hydrogen (secondary N) is 1. The Hall–Kier alpha value is -1.77. The molecule has 0 fully saturated rings. The van der Waals surface area contributed by atoms with Gasteiger partial charge in [0.05, 0.1) is 4.88 Å². The van der Waals surface area contributed by atoms with Crippen molar-refractivity contribution in [2.24, 2.45) is 0 Å². The zero-order valence-corrected chi connectivity index (χ0v) is 16.1. The molecule has 5 nitrogen and oxygen atoms in total. The molecule has 8 heteroatoms. The summed E-state index contributed by atoms with van der Waals surface area (Å²) in [6.07, 6.45) is 0. The van der Waals surface area contributed by atoms with Crippen LogP contribution in [0.3, 0.4) is 0 Å². The normalized spacial score (nSPS) is 10.8. The molecule has 124 valence electrons. The third-order valence-corrected chi connectivity index (χ3v) is 5.54. The number of carbonyl (C=O) groups is 1. The summed E-state index contributed by atoms with van der Waals surface area (Å²) in [6, 6.07) is 11.8. The number of hydrogen-bond acceptors (Lipinski definition) is 4. The van der Waals surface area contributed by atoms with Crippen molar-refractivity contribution in [1.82, 2.24) is 19.7 Å². The first-order chi connectivity index (χ1) is 11.6. The van der Waals surface area contributed by atoms with Crippen LogP contribution in [0.1, 0.15) is 5.56 Å². The molecule has 0 bridgehead atoms. The van der Waals surface area contributed by atoms with Crippen LogP contribution in [0.15, 0.2) is 46.3 Å². The molecular formula is C16H15BrN4OS2. The van der Waals surface area contributed by atoms with Crippen LogP contribution in [0.25, 0.3) is 10.7 Å². The molecular weight excluding hydrogens is 408 g/mol. The van der Waals surface area contributed by atoms with Gasteiger partial charge in [-0.2, -0.15) is 5.10 Å². The maximum absolute atomic E-state index is 12.6. The van der Waals surface area contributed by atoms with Crippen molar-refractivity contribution in [3.63, 3.8) is 0 Å². The summed E-state index contributed by atoms with van der Waals surface area (Å²) in [5.74, 6) is 0.665. The lowest BCUT2D eigenvalue weighted by atomic mass is 10.2. The number of amides is 1. The SMILES string of the molecule is CN(Cc1ccccc1Br)C(=O)Cn1c(-c2cccs2)n[nH]c1=S. The number of carbonyl (C=O) groups excluding carboxylic acids is 1. The van der Waals surface area contributed by atoms with Crippen molar-refractivity contribution in [2.75, 3.05) is 7.05 Å². The standard InChI is InChI=1S/C16H15BrN4OS2/c1-20(9-11-5-2-3-6-12(11)17)14(22)10-21-15(18-19-16(21)23)13-7-4-8-24-13/h2-8H,9-10H2,1H3,(H,19,23). The van der Waals surface area contributed by atoms with Gasteiger partial charge in [-0.15, -0.1) is 11.3 Å². The summed E-state index contributed by atoms with van der Waals surface area (Å²) in [6.45, 7) is 0.684. The van der Waals surface area contributed by atoms with Crippen molar-refractivity contribution in [3.8, 4) is 10.7 Å². The fraction of sp³-hybridized carbons (Fsp3) is 0.188. The lowest BCUT2D eigenvalue weighted by Crippen LogP contribution is -2.30. The van der Waals surface area contributed by atoms with Gasteiger partial charge in [-0.3, -0.25) is 14.5 Å². The quantitative estimate of drug-likeness (QED) is 0.629. The first-order valence-electron chi connectivity index (χ1n) is 7.22. The maximum atomic E-state index is 12.6. The number of aromatic amines is 1. The smallest absolute Gasteiger partial charge is 0.242 e. The fourth-order valence-electron chi connectivity index (χ4n) is 2.28. The number of aromatic nitrogens is 3. The fourth-order valence-corrected chi connectivity index (χ4v) is 3.61. The monoisotopic (exact) mass is 422 g/mol. The molecule has 0 aliphatic heterocycles. The summed E-state index contributed by atoms with van der Waals surface area (Å²) in [4.78, 5) is 15.3. The predicted molar refractivity (Wildman–Crippen MR) is 101 cm³/mol. The van der Waals surface area contributed by atoms with E-state index >= 15 is 0 Å². The highest BCUT2D eigenvalue weighted by atomic mass is 79.9. The Labute approximate surface area is 157 Å². The highest BCUT2D eigenvalue weighted by molar-refractivity contribution is 9.10. The zero-order valence-electron chi connectivity index (χ0n) is 12.9. The minimum Gasteiger partial charge on any atom is -0.340 e. The van der Waals surface area contributed by atoms with Gasteiger partial charge in [0.1, 0.15) is 6.54 Å². The molecule has 1 N–H and O–H groups in total. The minimum absolute atomic E-state index is 0.0268. The molecule has 0 radical (unpaired) electrons. The van der Waals surface area contributed by atoms with Crippen LogP contribution in [0.4, 0.5) is 0 Å². The van der Waals surface area contributed by atoms with E-state index in [1.165, 1.54) is 0 Å². The van der Waals surface area contributed by atoms with Crippen molar-refractivity contribution < 1.29 is 4.79 Å². The second-order valence-electron chi connectivity index (χ2n) is 5.26. The Morgan fingerprint density at radius 1 is 1.38 bits per heavy atom. The molecule has 3 rings (SSSR count). The lowest BCUT2D eigenvalue weighted by molar-refractivity contribution is -0.131. The van der Waals surface area contributed by atoms with E-state index in [0.717, 1.165) is 14.9 Å². The van der Waals surface area contributed by atoms with Gasteiger partial charge in [-0.1, -0.05) is 40.2 Å². The molecule has 1 aromatic carbocycles. The Morgan fingerprint density at radius 3 is 2.88 bits per heavy atom. The topological polar surface area (TPSA) is 53.9 Å². The van der Waals surface area contributed by atoms with E-state index in [-0.39, 0.29) is 12.5 Å². The molecule has 0 saturated carbocycles. The third-order valence-electron chi connectivity index (χ3n) is 3.58. The molecule has 3 aromatic rings. The van der Waals surface area contributed by atoms with Gasteiger partial charge in [-0.25, -0.2) is 0 Å². The maximum Gasteiger partial charge on any atom is 0.242 e. The van der Waals surface area contributed by atoms with Crippen LogP contribution in [0, 0.1) is 4.77 Å². The number of halogens is 1. The summed E-state index contributed by atoms with van der Waals surface area (Å²) in [5, 5.41) is 8.99. The second-order valence-corrected chi connectivity index (χ2v) is 7.45. The molecule has 0 aliphatic rings. The molecule has 0 unspecified atom stereocenters. The molecule has 0 aliphatic carbocycles. The summed E-state index contributed by atoms with van der Waals surface area (Å²) in [7, 11) is 1.79. The van der Waals surface area contributed by atoms with E-state index in [1.54, 1.807) is 27.9 Å². The molecule has 0 spiro atoms. The van der Waals surface area contributed by atoms with E-state index in [4.69, 9.17) is 12.2 Å². The largest absolute Gasteiger partial charge is 0.340 e. The number of rotatable bonds is 5. The Bertz CT molecular complexity index is 901. The average molecular weight is 423 g/mol. The van der Waals surface area contributed by atoms with E-state index in [1.807, 2.05) is 41.8 Å². The van der Waals surface area contributed by atoms with Crippen LogP contribution in [0.2, 0.25) is 0 Å². The van der Waals surface area contributed by atoms with E-state index < -0.39 is 0 Å². The van der Waals surface area contributed by atoms with E-state index in [9.17, 15) is 4.79 Å². The summed E-state index contributed by atoms with van der Waals surface area (Å²) in [5.41, 5.74) is 1.06. The van der Waals surface area contributed by atoms with Gasteiger partial charge in [0.25, 0.3) is 0 Å². The van der Waals surface area contributed by atoms with Crippen molar-refractivity contribution in [2.45, 2.75) is 13.1 Å². The molecule has 2 heterocycles. The molecule has 0 saturated heterocycles. The zero-order chi connectivity index (χ0) is 17.1. The van der Waals surface area contributed by atoms with Crippen molar-refractivity contribution >= 4 is 45.4 Å². The summed E-state index contributed by atoms with van der Waals surface area (Å²) >= 11 is 10.3. The first-order valence-corrected chi connectivity index (χ1v) is 9.31. The third kappa shape index (κ3) is 3.66. The number of H-pyrrole nitrogens is 1. The second kappa shape index (κ2) is 7.42. The number of benzene rings is 1. The van der Waals surface area contributed by atoms with Gasteiger partial charge >= 0.3 is 0 Å². The minimum atomic E-state index is -0.0268. The number of hydrogen-bond donors (Lipinski definition) is 1. The van der Waals surface area contributed by atoms with E-state index in [2.05, 4.69) is 26.1 Å². The Kier molecular flexibility index (Phi) is 5.27. The van der Waals surface area contributed by atoms with Crippen LogP contribution in [0.5, 0.6) is 0 Å². The van der Waals surface area contributed by atoms with Crippen LogP contribution >= 0.6 is 39.5 Å². The lowest BCUT2D eigenvalue weighted by Gasteiger charge is -2.18. The van der Waals surface area contributed by atoms with Crippen LogP contribution in [-0.2, 0) is 17.9 Å². The Morgan fingerprint density at radius 2 is 2.17 bits per heavy atom. The molecule has 1 amide bonds. The number of likely N-dealkylation sites (N-methyl/N-ethyl adjacent to an activating group) is 1. The van der Waals surface area contributed by atoms with Gasteiger partial charge < -0.3 is 4.90 Å². The summed E-state index contributed by atoms with van der Waals surface area (Å²) < 4.78 is 3.17. The molecule has 0 atom stereocenters. The highest BCUT2D eigenvalue weighted by Gasteiger charge is 2.16. The first kappa shape index (κ1) is 17.1. The van der Waals surface area contributed by atoms with Crippen molar-refractivity contribution in [3.05, 3.63) is 56.6 Å². The van der Waals surface area contributed by atoms with Gasteiger partial charge in [0.15, 0.2) is 10.6 Å². The number of thiophene rings is 1. The average Bonchev–Trinajstić information content (AvgIpc) is 3.20. The van der Waals surface area contributed by atoms with Gasteiger partial charge in [0.2, 0.25) is 5.91 Å². The van der Waals surface area contributed by atoms with E-state index in [0.29, 0.717) is 17.1 Å². The van der Waals surface area contributed by atoms with Crippen LogP contribution in [-0.4, -0.2) is 32.6 Å². The highest BCUT2D eigenvalue weighted by Crippen LogP contribution is 2.23. The number of nitrogens with zero attached hydrogens (tertiary/aromatic N) is 3. The molecule has 2 aromatic heterocycles.